The highest BCUT2D eigenvalue weighted by molar-refractivity contribution is 5.90. The predicted octanol–water partition coefficient (Wildman–Crippen LogP) is 2.09. The number of amides is 1. The summed E-state index contributed by atoms with van der Waals surface area (Å²) in [6, 6.07) is 2.92. The highest BCUT2D eigenvalue weighted by Gasteiger charge is 2.23. The van der Waals surface area contributed by atoms with Crippen molar-refractivity contribution in [3.05, 3.63) is 55.6 Å². The van der Waals surface area contributed by atoms with Gasteiger partial charge in [0.15, 0.2) is 0 Å². The van der Waals surface area contributed by atoms with Gasteiger partial charge in [0.25, 0.3) is 0 Å². The third-order valence-electron chi connectivity index (χ3n) is 3.25. The van der Waals surface area contributed by atoms with Gasteiger partial charge in [-0.1, -0.05) is 0 Å². The SMILES string of the molecule is Cc1nn(CC(=O)Nc2ccc(F)c([N+](=O)[O-])c2)c(C)c1[N+](=O)[O-]. The molecule has 0 spiro atoms. The number of aromatic nitrogens is 2. The average Bonchev–Trinajstić information content (AvgIpc) is 2.75. The van der Waals surface area contributed by atoms with Crippen molar-refractivity contribution in [2.75, 3.05) is 5.32 Å². The molecule has 2 rings (SSSR count). The molecule has 0 radical (unpaired) electrons. The van der Waals surface area contributed by atoms with Crippen molar-refractivity contribution in [1.29, 1.82) is 0 Å². The number of hydrogen-bond donors (Lipinski definition) is 1. The van der Waals surface area contributed by atoms with E-state index in [-0.39, 0.29) is 29.3 Å². The molecule has 1 heterocycles. The van der Waals surface area contributed by atoms with Crippen LogP contribution >= 0.6 is 0 Å². The van der Waals surface area contributed by atoms with E-state index >= 15 is 0 Å². The second-order valence-corrected chi connectivity index (χ2v) is 4.91. The molecule has 126 valence electrons. The van der Waals surface area contributed by atoms with Gasteiger partial charge < -0.3 is 5.32 Å². The van der Waals surface area contributed by atoms with Crippen molar-refractivity contribution in [3.8, 4) is 0 Å². The van der Waals surface area contributed by atoms with Crippen LogP contribution in [-0.2, 0) is 11.3 Å². The van der Waals surface area contributed by atoms with E-state index in [4.69, 9.17) is 0 Å². The van der Waals surface area contributed by atoms with Crippen molar-refractivity contribution >= 4 is 23.0 Å². The number of nitrogens with one attached hydrogen (secondary N) is 1. The minimum absolute atomic E-state index is 0.0316. The highest BCUT2D eigenvalue weighted by atomic mass is 19.1. The second kappa shape index (κ2) is 6.40. The summed E-state index contributed by atoms with van der Waals surface area (Å²) < 4.78 is 14.4. The van der Waals surface area contributed by atoms with Gasteiger partial charge in [0.2, 0.25) is 11.7 Å². The molecule has 2 aromatic rings. The summed E-state index contributed by atoms with van der Waals surface area (Å²) in [5, 5.41) is 27.9. The van der Waals surface area contributed by atoms with E-state index in [1.165, 1.54) is 19.9 Å². The van der Waals surface area contributed by atoms with Crippen LogP contribution < -0.4 is 5.32 Å². The lowest BCUT2D eigenvalue weighted by atomic mass is 10.2. The summed E-state index contributed by atoms with van der Waals surface area (Å²) in [7, 11) is 0. The van der Waals surface area contributed by atoms with Gasteiger partial charge in [-0.15, -0.1) is 0 Å². The lowest BCUT2D eigenvalue weighted by Gasteiger charge is -2.06. The molecule has 0 unspecified atom stereocenters. The molecular formula is C13H12FN5O5. The summed E-state index contributed by atoms with van der Waals surface area (Å²) in [6.45, 7) is 2.57. The Hall–Kier alpha value is -3.37. The molecule has 0 aliphatic heterocycles. The van der Waals surface area contributed by atoms with Crippen LogP contribution in [0.15, 0.2) is 18.2 Å². The van der Waals surface area contributed by atoms with Crippen LogP contribution in [0.4, 0.5) is 21.5 Å². The fourth-order valence-corrected chi connectivity index (χ4v) is 2.17. The van der Waals surface area contributed by atoms with Crippen LogP contribution in [0.5, 0.6) is 0 Å². The van der Waals surface area contributed by atoms with E-state index in [9.17, 15) is 29.4 Å². The van der Waals surface area contributed by atoms with Crippen molar-refractivity contribution < 1.29 is 19.0 Å². The Morgan fingerprint density at radius 2 is 1.96 bits per heavy atom. The minimum Gasteiger partial charge on any atom is -0.324 e. The molecule has 0 saturated carbocycles. The normalized spacial score (nSPS) is 10.5. The Labute approximate surface area is 134 Å². The Balaban J connectivity index is 2.18. The van der Waals surface area contributed by atoms with Crippen LogP contribution in [0.25, 0.3) is 0 Å². The maximum absolute atomic E-state index is 13.2. The van der Waals surface area contributed by atoms with Crippen LogP contribution in [0, 0.1) is 39.9 Å². The molecule has 1 N–H and O–H groups in total. The topological polar surface area (TPSA) is 133 Å². The molecule has 1 aromatic carbocycles. The van der Waals surface area contributed by atoms with Gasteiger partial charge in [-0.25, -0.2) is 0 Å². The van der Waals surface area contributed by atoms with Crippen LogP contribution in [0.3, 0.4) is 0 Å². The molecule has 0 saturated heterocycles. The van der Waals surface area contributed by atoms with Gasteiger partial charge in [-0.3, -0.25) is 29.7 Å². The smallest absolute Gasteiger partial charge is 0.312 e. The average molecular weight is 337 g/mol. The number of hydrogen-bond acceptors (Lipinski definition) is 6. The standard InChI is InChI=1S/C13H12FN5O5/c1-7-13(19(23)24)8(2)17(16-7)6-12(20)15-9-3-4-10(14)11(5-9)18(21)22/h3-5H,6H2,1-2H3,(H,15,20). The van der Waals surface area contributed by atoms with Gasteiger partial charge in [0.05, 0.1) is 9.85 Å². The molecule has 0 aliphatic carbocycles. The third-order valence-corrected chi connectivity index (χ3v) is 3.25. The molecule has 1 amide bonds. The number of carbonyl (C=O) groups is 1. The number of halogens is 1. The number of benzene rings is 1. The molecule has 11 heteroatoms. The summed E-state index contributed by atoms with van der Waals surface area (Å²) in [6.07, 6.45) is 0. The first-order valence-corrected chi connectivity index (χ1v) is 6.63. The maximum Gasteiger partial charge on any atom is 0.312 e. The Morgan fingerprint density at radius 1 is 1.29 bits per heavy atom. The van der Waals surface area contributed by atoms with E-state index in [0.29, 0.717) is 0 Å². The zero-order valence-electron chi connectivity index (χ0n) is 12.6. The Bertz CT molecular complexity index is 848. The Kier molecular flexibility index (Phi) is 4.53. The summed E-state index contributed by atoms with van der Waals surface area (Å²) in [4.78, 5) is 32.1. The van der Waals surface area contributed by atoms with Gasteiger partial charge >= 0.3 is 11.4 Å². The third kappa shape index (κ3) is 3.34. The number of nitrogens with zero attached hydrogens (tertiary/aromatic N) is 4. The lowest BCUT2D eigenvalue weighted by molar-refractivity contribution is -0.387. The molecular weight excluding hydrogens is 325 g/mol. The first kappa shape index (κ1) is 17.0. The monoisotopic (exact) mass is 337 g/mol. The number of aryl methyl sites for hydroxylation is 1. The van der Waals surface area contributed by atoms with Gasteiger partial charge in [-0.05, 0) is 26.0 Å². The van der Waals surface area contributed by atoms with E-state index < -0.39 is 27.3 Å². The molecule has 24 heavy (non-hydrogen) atoms. The van der Waals surface area contributed by atoms with Crippen LogP contribution in [0.1, 0.15) is 11.4 Å². The van der Waals surface area contributed by atoms with Crippen molar-refractivity contribution in [2.24, 2.45) is 0 Å². The molecule has 0 fully saturated rings. The van der Waals surface area contributed by atoms with Crippen molar-refractivity contribution in [1.82, 2.24) is 9.78 Å². The van der Waals surface area contributed by atoms with E-state index in [0.717, 1.165) is 16.8 Å². The molecule has 0 atom stereocenters. The first-order valence-electron chi connectivity index (χ1n) is 6.63. The second-order valence-electron chi connectivity index (χ2n) is 4.91. The lowest BCUT2D eigenvalue weighted by Crippen LogP contribution is -2.20. The summed E-state index contributed by atoms with van der Waals surface area (Å²) in [5.74, 6) is -1.64. The van der Waals surface area contributed by atoms with Crippen molar-refractivity contribution in [2.45, 2.75) is 20.4 Å². The molecule has 0 bridgehead atoms. The largest absolute Gasteiger partial charge is 0.324 e. The molecule has 1 aromatic heterocycles. The van der Waals surface area contributed by atoms with Gasteiger partial charge in [-0.2, -0.15) is 9.49 Å². The zero-order chi connectivity index (χ0) is 18.0. The first-order chi connectivity index (χ1) is 11.2. The van der Waals surface area contributed by atoms with Gasteiger partial charge in [0.1, 0.15) is 17.9 Å². The van der Waals surface area contributed by atoms with E-state index in [1.54, 1.807) is 0 Å². The number of nitro benzene ring substituents is 1. The quantitative estimate of drug-likeness (QED) is 0.656. The summed E-state index contributed by atoms with van der Waals surface area (Å²) >= 11 is 0. The number of rotatable bonds is 5. The van der Waals surface area contributed by atoms with Crippen LogP contribution in [0.2, 0.25) is 0 Å². The predicted molar refractivity (Wildman–Crippen MR) is 80.0 cm³/mol. The Morgan fingerprint density at radius 3 is 2.50 bits per heavy atom. The van der Waals surface area contributed by atoms with E-state index in [2.05, 4.69) is 10.4 Å². The number of anilines is 1. The summed E-state index contributed by atoms with van der Waals surface area (Å²) in [5.41, 5.74) is -0.542. The van der Waals surface area contributed by atoms with Gasteiger partial charge in [0, 0.05) is 11.8 Å². The highest BCUT2D eigenvalue weighted by Crippen LogP contribution is 2.23. The molecule has 0 aliphatic rings. The minimum atomic E-state index is -1.02. The fraction of sp³-hybridized carbons (Fsp3) is 0.231. The number of nitro groups is 2. The van der Waals surface area contributed by atoms with Crippen molar-refractivity contribution in [3.63, 3.8) is 0 Å². The van der Waals surface area contributed by atoms with E-state index in [1.807, 2.05) is 0 Å². The fourth-order valence-electron chi connectivity index (χ4n) is 2.17. The number of carbonyl (C=O) groups excluding carboxylic acids is 1. The van der Waals surface area contributed by atoms with Crippen LogP contribution in [-0.4, -0.2) is 25.5 Å². The maximum atomic E-state index is 13.2. The molecule has 10 nitrogen and oxygen atoms in total. The zero-order valence-corrected chi connectivity index (χ0v) is 12.6.